The minimum atomic E-state index is -4.61. The van der Waals surface area contributed by atoms with E-state index >= 15 is 0 Å². The lowest BCUT2D eigenvalue weighted by Gasteiger charge is -2.16. The normalized spacial score (nSPS) is 11.7. The summed E-state index contributed by atoms with van der Waals surface area (Å²) in [5, 5.41) is 5.73. The van der Waals surface area contributed by atoms with E-state index in [1.165, 1.54) is 0 Å². The van der Waals surface area contributed by atoms with Crippen molar-refractivity contribution in [1.29, 1.82) is 0 Å². The highest BCUT2D eigenvalue weighted by atomic mass is 19.4. The first-order valence-electron chi connectivity index (χ1n) is 10.4. The lowest BCUT2D eigenvalue weighted by Crippen LogP contribution is -2.12. The third-order valence-corrected chi connectivity index (χ3v) is 4.61. The second kappa shape index (κ2) is 9.89. The molecule has 0 aliphatic heterocycles. The van der Waals surface area contributed by atoms with Gasteiger partial charge in [0.2, 0.25) is 5.95 Å². The molecule has 0 atom stereocenters. The molecule has 0 amide bonds. The summed E-state index contributed by atoms with van der Waals surface area (Å²) in [6, 6.07) is 14.4. The zero-order valence-electron chi connectivity index (χ0n) is 18.5. The number of alkyl halides is 3. The summed E-state index contributed by atoms with van der Waals surface area (Å²) < 4.78 is 46.3. The number of nitrogens with zero attached hydrogens (tertiary/aromatic N) is 2. The van der Waals surface area contributed by atoms with Gasteiger partial charge in [-0.2, -0.15) is 18.2 Å². The maximum absolute atomic E-state index is 13.6. The molecule has 3 rings (SSSR count). The average Bonchev–Trinajstić information content (AvgIpc) is 2.72. The SMILES string of the molecule is CC(C)COc1cccc(Nc2nc(Nc3ccc(C(C)C)cc3)ncc2C(F)(F)F)c1. The molecule has 0 fully saturated rings. The summed E-state index contributed by atoms with van der Waals surface area (Å²) in [4.78, 5) is 7.96. The van der Waals surface area contributed by atoms with Crippen LogP contribution in [0.5, 0.6) is 5.75 Å². The summed E-state index contributed by atoms with van der Waals surface area (Å²) in [5.41, 5.74) is 1.32. The van der Waals surface area contributed by atoms with Crippen LogP contribution in [0.25, 0.3) is 0 Å². The number of ether oxygens (including phenoxy) is 1. The maximum atomic E-state index is 13.6. The molecule has 0 aliphatic carbocycles. The minimum Gasteiger partial charge on any atom is -0.493 e. The Morgan fingerprint density at radius 3 is 2.28 bits per heavy atom. The molecule has 1 heterocycles. The van der Waals surface area contributed by atoms with Crippen molar-refractivity contribution in [2.45, 2.75) is 39.8 Å². The molecule has 2 aromatic carbocycles. The van der Waals surface area contributed by atoms with E-state index in [1.807, 2.05) is 38.1 Å². The maximum Gasteiger partial charge on any atom is 0.421 e. The Labute approximate surface area is 186 Å². The fourth-order valence-corrected chi connectivity index (χ4v) is 2.89. The van der Waals surface area contributed by atoms with Gasteiger partial charge >= 0.3 is 6.18 Å². The van der Waals surface area contributed by atoms with Crippen LogP contribution < -0.4 is 15.4 Å². The highest BCUT2D eigenvalue weighted by Gasteiger charge is 2.35. The van der Waals surface area contributed by atoms with Gasteiger partial charge in [0.25, 0.3) is 0 Å². The predicted octanol–water partition coefficient (Wildman–Crippen LogP) is 7.14. The second-order valence-electron chi connectivity index (χ2n) is 8.21. The van der Waals surface area contributed by atoms with Crippen molar-refractivity contribution in [2.24, 2.45) is 5.92 Å². The van der Waals surface area contributed by atoms with Crippen LogP contribution >= 0.6 is 0 Å². The van der Waals surface area contributed by atoms with E-state index in [1.54, 1.807) is 24.3 Å². The average molecular weight is 445 g/mol. The number of benzene rings is 2. The monoisotopic (exact) mass is 444 g/mol. The number of halogens is 3. The highest BCUT2D eigenvalue weighted by Crippen LogP contribution is 2.35. The zero-order chi connectivity index (χ0) is 23.3. The third-order valence-electron chi connectivity index (χ3n) is 4.61. The van der Waals surface area contributed by atoms with Crippen LogP contribution in [0.15, 0.2) is 54.7 Å². The van der Waals surface area contributed by atoms with Crippen LogP contribution in [0.4, 0.5) is 36.3 Å². The molecular formula is C24H27F3N4O. The van der Waals surface area contributed by atoms with Crippen LogP contribution in [0.3, 0.4) is 0 Å². The van der Waals surface area contributed by atoms with Gasteiger partial charge < -0.3 is 15.4 Å². The number of hydrogen-bond donors (Lipinski definition) is 2. The van der Waals surface area contributed by atoms with Crippen molar-refractivity contribution in [2.75, 3.05) is 17.2 Å². The van der Waals surface area contributed by atoms with Gasteiger partial charge in [0.15, 0.2) is 0 Å². The standard InChI is InChI=1S/C24H27F3N4O/c1-15(2)14-32-20-7-5-6-19(12-20)29-22-21(24(25,26)27)13-28-23(31-22)30-18-10-8-17(9-11-18)16(3)4/h5-13,15-16H,14H2,1-4H3,(H2,28,29,30,31). The van der Waals surface area contributed by atoms with Gasteiger partial charge in [-0.05, 0) is 41.7 Å². The molecule has 0 saturated carbocycles. The van der Waals surface area contributed by atoms with Crippen LogP contribution in [0.1, 0.15) is 44.7 Å². The molecule has 32 heavy (non-hydrogen) atoms. The first-order valence-corrected chi connectivity index (χ1v) is 10.4. The Kier molecular flexibility index (Phi) is 7.22. The van der Waals surface area contributed by atoms with E-state index in [-0.39, 0.29) is 11.8 Å². The summed E-state index contributed by atoms with van der Waals surface area (Å²) in [6.07, 6.45) is -3.83. The quantitative estimate of drug-likeness (QED) is 0.387. The lowest BCUT2D eigenvalue weighted by molar-refractivity contribution is -0.137. The molecule has 0 aliphatic rings. The first kappa shape index (κ1) is 23.4. The smallest absolute Gasteiger partial charge is 0.421 e. The molecule has 1 aromatic heterocycles. The largest absolute Gasteiger partial charge is 0.493 e. The molecule has 3 aromatic rings. The zero-order valence-corrected chi connectivity index (χ0v) is 18.5. The molecule has 0 saturated heterocycles. The molecule has 0 bridgehead atoms. The summed E-state index contributed by atoms with van der Waals surface area (Å²) in [5.74, 6) is 0.991. The summed E-state index contributed by atoms with van der Waals surface area (Å²) in [6.45, 7) is 8.71. The molecule has 170 valence electrons. The van der Waals surface area contributed by atoms with Gasteiger partial charge in [-0.3, -0.25) is 0 Å². The van der Waals surface area contributed by atoms with Crippen molar-refractivity contribution < 1.29 is 17.9 Å². The van der Waals surface area contributed by atoms with Crippen molar-refractivity contribution in [1.82, 2.24) is 9.97 Å². The van der Waals surface area contributed by atoms with E-state index in [9.17, 15) is 13.2 Å². The Hall–Kier alpha value is -3.29. The number of anilines is 4. The van der Waals surface area contributed by atoms with Gasteiger partial charge in [0, 0.05) is 23.6 Å². The molecule has 8 heteroatoms. The highest BCUT2D eigenvalue weighted by molar-refractivity contribution is 5.64. The van der Waals surface area contributed by atoms with Crippen LogP contribution in [0, 0.1) is 5.92 Å². The number of hydrogen-bond acceptors (Lipinski definition) is 5. The molecule has 2 N–H and O–H groups in total. The third kappa shape index (κ3) is 6.35. The Morgan fingerprint density at radius 2 is 1.66 bits per heavy atom. The van der Waals surface area contributed by atoms with Gasteiger partial charge in [-0.15, -0.1) is 0 Å². The van der Waals surface area contributed by atoms with Gasteiger partial charge in [-0.25, -0.2) is 4.98 Å². The summed E-state index contributed by atoms with van der Waals surface area (Å²) >= 11 is 0. The minimum absolute atomic E-state index is 0.0602. The number of aromatic nitrogens is 2. The van der Waals surface area contributed by atoms with Crippen molar-refractivity contribution in [3.63, 3.8) is 0 Å². The molecule has 5 nitrogen and oxygen atoms in total. The van der Waals surface area contributed by atoms with Crippen LogP contribution in [-0.4, -0.2) is 16.6 Å². The topological polar surface area (TPSA) is 59.1 Å². The van der Waals surface area contributed by atoms with Crippen molar-refractivity contribution >= 4 is 23.1 Å². The Balaban J connectivity index is 1.86. The van der Waals surface area contributed by atoms with Gasteiger partial charge in [0.05, 0.1) is 6.61 Å². The Morgan fingerprint density at radius 1 is 0.938 bits per heavy atom. The van der Waals surface area contributed by atoms with Crippen LogP contribution in [-0.2, 0) is 6.18 Å². The van der Waals surface area contributed by atoms with E-state index in [0.29, 0.717) is 35.6 Å². The van der Waals surface area contributed by atoms with Crippen molar-refractivity contribution in [3.8, 4) is 5.75 Å². The fourth-order valence-electron chi connectivity index (χ4n) is 2.89. The van der Waals surface area contributed by atoms with E-state index in [2.05, 4.69) is 34.4 Å². The molecule has 0 radical (unpaired) electrons. The lowest BCUT2D eigenvalue weighted by atomic mass is 10.0. The molecular weight excluding hydrogens is 417 g/mol. The second-order valence-corrected chi connectivity index (χ2v) is 8.21. The van der Waals surface area contributed by atoms with Crippen molar-refractivity contribution in [3.05, 3.63) is 65.9 Å². The number of rotatable bonds is 8. The fraction of sp³-hybridized carbons (Fsp3) is 0.333. The predicted molar refractivity (Wildman–Crippen MR) is 121 cm³/mol. The first-order chi connectivity index (χ1) is 15.1. The summed E-state index contributed by atoms with van der Waals surface area (Å²) in [7, 11) is 0. The van der Waals surface area contributed by atoms with Gasteiger partial charge in [-0.1, -0.05) is 45.9 Å². The molecule has 0 unspecified atom stereocenters. The molecule has 0 spiro atoms. The van der Waals surface area contributed by atoms with E-state index in [0.717, 1.165) is 11.8 Å². The number of nitrogens with one attached hydrogen (secondary N) is 2. The van der Waals surface area contributed by atoms with E-state index < -0.39 is 11.7 Å². The van der Waals surface area contributed by atoms with E-state index in [4.69, 9.17) is 4.74 Å². The Bertz CT molecular complexity index is 1030. The van der Waals surface area contributed by atoms with Gasteiger partial charge in [0.1, 0.15) is 17.1 Å². The van der Waals surface area contributed by atoms with Crippen LogP contribution in [0.2, 0.25) is 0 Å².